The molecule has 5 heterocycles. The van der Waals surface area contributed by atoms with E-state index in [2.05, 4.69) is 30.6 Å². The van der Waals surface area contributed by atoms with Crippen molar-refractivity contribution in [1.29, 1.82) is 0 Å². The Morgan fingerprint density at radius 3 is 1.68 bits per heavy atom. The molecule has 4 aromatic rings. The summed E-state index contributed by atoms with van der Waals surface area (Å²) in [5.41, 5.74) is -6.31. The predicted octanol–water partition coefficient (Wildman–Crippen LogP) is 7.77. The molecule has 3 aliphatic carbocycles. The number of H-pyrrole nitrogens is 3. The number of fused-ring (bicyclic) bond motifs is 19. The molecular weight excluding hydrogens is 800 g/mol. The van der Waals surface area contributed by atoms with Gasteiger partial charge in [-0.25, -0.2) is 85.2 Å². The average Bonchev–Trinajstić information content (AvgIpc) is 3.92. The van der Waals surface area contributed by atoms with Gasteiger partial charge in [-0.1, -0.05) is 0 Å². The fraction of sp³-hybridized carbons (Fsp3) is 0.0938. The quantitative estimate of drug-likeness (QED) is 0.0712. The summed E-state index contributed by atoms with van der Waals surface area (Å²) in [5, 5.41) is -1.31. The van der Waals surface area contributed by atoms with Crippen LogP contribution >= 0.6 is 0 Å². The number of alkyl halides is 2. The number of hydrogen-bond acceptors (Lipinski definition) is 5. The summed E-state index contributed by atoms with van der Waals surface area (Å²) in [6.45, 7) is 0. The van der Waals surface area contributed by atoms with E-state index in [1.807, 2.05) is 9.97 Å². The summed E-state index contributed by atoms with van der Waals surface area (Å²) in [5.74, 6) is -42.0. The van der Waals surface area contributed by atoms with E-state index >= 15 is 35.1 Å². The minimum Gasteiger partial charge on any atom is -0.329 e. The lowest BCUT2D eigenvalue weighted by Crippen LogP contribution is -2.32. The van der Waals surface area contributed by atoms with Crippen LogP contribution in [0.4, 0.5) is 93.5 Å². The van der Waals surface area contributed by atoms with E-state index in [0.29, 0.717) is 0 Å². The maximum Gasteiger partial charge on any atom is 0.206 e. The van der Waals surface area contributed by atoms with Crippen LogP contribution in [-0.2, 0) is 0 Å². The molecule has 9 rings (SSSR count). The molecule has 1 aromatic carbocycles. The van der Waals surface area contributed by atoms with Crippen LogP contribution in [-0.4, -0.2) is 27.0 Å². The minimum absolute atomic E-state index is 1.07. The van der Waals surface area contributed by atoms with Gasteiger partial charge in [-0.05, 0) is 0 Å². The van der Waals surface area contributed by atoms with Gasteiger partial charge in [0.25, 0.3) is 0 Å². The van der Waals surface area contributed by atoms with Crippen molar-refractivity contribution in [2.45, 2.75) is 12.3 Å². The Morgan fingerprint density at radius 2 is 1.02 bits per heavy atom. The number of nitrogens with zero attached hydrogens (tertiary/aromatic N) is 3. The fourth-order valence-corrected chi connectivity index (χ4v) is 6.79. The van der Waals surface area contributed by atoms with Crippen LogP contribution in [0.3, 0.4) is 0 Å². The third-order valence-electron chi connectivity index (χ3n) is 9.27. The third-order valence-corrected chi connectivity index (χ3v) is 9.27. The lowest BCUT2D eigenvalue weighted by Gasteiger charge is -2.17. The van der Waals surface area contributed by atoms with Gasteiger partial charge in [0.2, 0.25) is 6.17 Å². The van der Waals surface area contributed by atoms with Crippen molar-refractivity contribution in [3.05, 3.63) is 108 Å². The Labute approximate surface area is 294 Å². The zero-order chi connectivity index (χ0) is 40.1. The molecular formula is C32H8F16N8. The number of rotatable bonds is 0. The van der Waals surface area contributed by atoms with Crippen LogP contribution in [0.2, 0.25) is 0 Å². The lowest BCUT2D eigenvalue weighted by atomic mass is 9.92. The Bertz CT molecular complexity index is 3070. The van der Waals surface area contributed by atoms with Crippen LogP contribution in [0.15, 0.2) is 67.2 Å². The molecule has 0 fully saturated rings. The number of amidine groups is 1. The lowest BCUT2D eigenvalue weighted by molar-refractivity contribution is 0.315. The van der Waals surface area contributed by atoms with Crippen LogP contribution in [0.25, 0.3) is 28.3 Å². The van der Waals surface area contributed by atoms with Crippen LogP contribution in [0.1, 0.15) is 17.3 Å². The molecule has 3 unspecified atom stereocenters. The SMILES string of the molecule is FC1=C(F)C2=C3NC(=Nc4[nH]c(c5c(F)c(F)c(F)c(F)c45)N=c4[nH]c(c5c4=C(F)C(F)=C(F)C5F)N=c4[nH]c(c5c4=C(F)C(F)C(F)=C5F)N3)C2C(F)=C1F. The van der Waals surface area contributed by atoms with Gasteiger partial charge < -0.3 is 25.6 Å². The Morgan fingerprint density at radius 1 is 0.446 bits per heavy atom. The van der Waals surface area contributed by atoms with Gasteiger partial charge in [-0.3, -0.25) is 0 Å². The molecule has 24 heteroatoms. The van der Waals surface area contributed by atoms with E-state index in [9.17, 15) is 35.1 Å². The van der Waals surface area contributed by atoms with Gasteiger partial charge >= 0.3 is 0 Å². The molecule has 0 saturated carbocycles. The second-order valence-electron chi connectivity index (χ2n) is 12.2. The van der Waals surface area contributed by atoms with Gasteiger partial charge in [0.15, 0.2) is 87.7 Å². The first-order valence-electron chi connectivity index (χ1n) is 15.2. The maximum atomic E-state index is 15.5. The summed E-state index contributed by atoms with van der Waals surface area (Å²) in [7, 11) is 0. The zero-order valence-electron chi connectivity index (χ0n) is 26.1. The molecule has 2 aliphatic heterocycles. The van der Waals surface area contributed by atoms with Gasteiger partial charge in [-0.15, -0.1) is 0 Å². The third kappa shape index (κ3) is 4.36. The van der Waals surface area contributed by atoms with Gasteiger partial charge in [-0.2, -0.15) is 0 Å². The molecule has 56 heavy (non-hydrogen) atoms. The second-order valence-corrected chi connectivity index (χ2v) is 12.2. The number of allylic oxidation sites excluding steroid dienone is 6. The van der Waals surface area contributed by atoms with Crippen LogP contribution < -0.4 is 32.0 Å². The molecule has 5 aliphatic rings. The van der Waals surface area contributed by atoms with Gasteiger partial charge in [0.05, 0.1) is 26.8 Å². The van der Waals surface area contributed by atoms with Crippen LogP contribution in [0, 0.1) is 29.2 Å². The average molecular weight is 808 g/mol. The number of aromatic nitrogens is 3. The van der Waals surface area contributed by atoms with E-state index in [4.69, 9.17) is 0 Å². The summed E-state index contributed by atoms with van der Waals surface area (Å²) >= 11 is 0. The molecule has 8 nitrogen and oxygen atoms in total. The highest BCUT2D eigenvalue weighted by molar-refractivity contribution is 6.05. The Kier molecular flexibility index (Phi) is 7.24. The molecule has 3 atom stereocenters. The van der Waals surface area contributed by atoms with E-state index in [-0.39, 0.29) is 0 Å². The smallest absolute Gasteiger partial charge is 0.206 e. The number of halogens is 16. The summed E-state index contributed by atoms with van der Waals surface area (Å²) in [6.07, 6.45) is -6.79. The molecule has 0 amide bonds. The van der Waals surface area contributed by atoms with E-state index in [1.165, 1.54) is 0 Å². The van der Waals surface area contributed by atoms with Crippen molar-refractivity contribution in [3.8, 4) is 0 Å². The number of nitrogens with one attached hydrogen (secondary N) is 5. The van der Waals surface area contributed by atoms with Crippen molar-refractivity contribution in [3.63, 3.8) is 0 Å². The Hall–Kier alpha value is -6.49. The molecule has 8 bridgehead atoms. The second kappa shape index (κ2) is 11.5. The molecule has 0 radical (unpaired) electrons. The van der Waals surface area contributed by atoms with Crippen molar-refractivity contribution in [2.24, 2.45) is 20.9 Å². The Balaban J connectivity index is 1.50. The number of aromatic amines is 3. The molecule has 3 aromatic heterocycles. The van der Waals surface area contributed by atoms with Gasteiger partial charge in [0, 0.05) is 11.1 Å². The maximum absolute atomic E-state index is 15.5. The van der Waals surface area contributed by atoms with E-state index in [1.54, 1.807) is 0 Å². The van der Waals surface area contributed by atoms with E-state index in [0.717, 1.165) is 0 Å². The molecule has 0 saturated heterocycles. The number of anilines is 1. The highest BCUT2D eigenvalue weighted by Gasteiger charge is 2.46. The summed E-state index contributed by atoms with van der Waals surface area (Å²) < 4.78 is 241. The highest BCUT2D eigenvalue weighted by Crippen LogP contribution is 2.48. The van der Waals surface area contributed by atoms with Crippen molar-refractivity contribution in [1.82, 2.24) is 20.3 Å². The first-order valence-corrected chi connectivity index (χ1v) is 15.2. The van der Waals surface area contributed by atoms with Crippen molar-refractivity contribution in [2.75, 3.05) is 5.32 Å². The molecule has 288 valence electrons. The predicted molar refractivity (Wildman–Crippen MR) is 160 cm³/mol. The highest BCUT2D eigenvalue weighted by atomic mass is 19.2. The zero-order valence-corrected chi connectivity index (χ0v) is 26.1. The number of aliphatic imine (C=N–C) groups is 1. The fourth-order valence-electron chi connectivity index (χ4n) is 6.79. The van der Waals surface area contributed by atoms with Crippen molar-refractivity contribution >= 4 is 57.4 Å². The topological polar surface area (TPSA) is 109 Å². The largest absolute Gasteiger partial charge is 0.329 e. The molecule has 0 spiro atoms. The minimum atomic E-state index is -3.48. The number of benzene rings is 1. The first kappa shape index (κ1) is 35.2. The van der Waals surface area contributed by atoms with Crippen LogP contribution in [0.5, 0.6) is 0 Å². The van der Waals surface area contributed by atoms with Crippen molar-refractivity contribution < 1.29 is 70.2 Å². The summed E-state index contributed by atoms with van der Waals surface area (Å²) in [4.78, 5) is 17.3. The first-order chi connectivity index (χ1) is 26.4. The normalized spacial score (nSPS) is 22.0. The van der Waals surface area contributed by atoms with Gasteiger partial charge in [0.1, 0.15) is 51.8 Å². The molecule has 5 N–H and O–H groups in total. The summed E-state index contributed by atoms with van der Waals surface area (Å²) in [6, 6.07) is 0. The monoisotopic (exact) mass is 808 g/mol. The number of hydrogen-bond donors (Lipinski definition) is 5. The van der Waals surface area contributed by atoms with E-state index < -0.39 is 184 Å². The standard InChI is InChI=1S/C32H8F16N8/c33-9-1-2(10(34)18(42)17(9)41)26-49-25(1)53-27-3-4(12(36)20(44)19(43)11(3)35)29(50-27)55-31-7-8(16(40)24(48)23(47)15(7)39)32(52-31)56-30-6-5(28(51-30)54-26)13(37)21(45)22(46)14(6)38/h1,16,22,50,54H,(H,49,53)(H,51,56)(H,52,55).